The van der Waals surface area contributed by atoms with E-state index in [1.165, 1.54) is 5.01 Å². The zero-order chi connectivity index (χ0) is 11.1. The molecular formula is C10H12ClN3O. The summed E-state index contributed by atoms with van der Waals surface area (Å²) >= 11 is 5.79. The summed E-state index contributed by atoms with van der Waals surface area (Å²) in [6.45, 7) is 3.69. The molecule has 0 radical (unpaired) electrons. The van der Waals surface area contributed by atoms with Gasteiger partial charge in [0.2, 0.25) is 5.72 Å². The van der Waals surface area contributed by atoms with Gasteiger partial charge >= 0.3 is 0 Å². The van der Waals surface area contributed by atoms with Crippen molar-refractivity contribution in [3.05, 3.63) is 34.9 Å². The highest BCUT2D eigenvalue weighted by Crippen LogP contribution is 2.23. The molecule has 0 amide bonds. The van der Waals surface area contributed by atoms with Crippen LogP contribution in [0.25, 0.3) is 0 Å². The van der Waals surface area contributed by atoms with E-state index in [0.29, 0.717) is 10.9 Å². The van der Waals surface area contributed by atoms with Gasteiger partial charge in [0.15, 0.2) is 5.84 Å². The average molecular weight is 226 g/mol. The Morgan fingerprint density at radius 2 is 1.93 bits per heavy atom. The number of hydrogen-bond donors (Lipinski definition) is 1. The van der Waals surface area contributed by atoms with E-state index in [-0.39, 0.29) is 0 Å². The average Bonchev–Trinajstić information content (AvgIpc) is 2.45. The molecule has 0 aromatic heterocycles. The van der Waals surface area contributed by atoms with Gasteiger partial charge < -0.3 is 4.84 Å². The monoisotopic (exact) mass is 225 g/mol. The van der Waals surface area contributed by atoms with Crippen LogP contribution in [0.1, 0.15) is 19.4 Å². The Balaban J connectivity index is 2.30. The molecule has 1 aromatic rings. The Kier molecular flexibility index (Phi) is 2.32. The van der Waals surface area contributed by atoms with Crippen LogP contribution in [0, 0.1) is 0 Å². The van der Waals surface area contributed by atoms with E-state index in [0.717, 1.165) is 5.56 Å². The van der Waals surface area contributed by atoms with Crippen LogP contribution in [0.3, 0.4) is 0 Å². The van der Waals surface area contributed by atoms with Crippen molar-refractivity contribution in [2.45, 2.75) is 19.6 Å². The summed E-state index contributed by atoms with van der Waals surface area (Å²) in [5.41, 5.74) is 0.280. The molecule has 1 aliphatic rings. The normalized spacial score (nSPS) is 18.7. The van der Waals surface area contributed by atoms with Crippen molar-refractivity contribution in [3.8, 4) is 0 Å². The number of benzene rings is 1. The molecule has 0 aliphatic carbocycles. The van der Waals surface area contributed by atoms with Crippen LogP contribution in [0.15, 0.2) is 29.4 Å². The van der Waals surface area contributed by atoms with Crippen molar-refractivity contribution in [2.75, 3.05) is 0 Å². The highest BCUT2D eigenvalue weighted by molar-refractivity contribution is 6.30. The Labute approximate surface area is 93.2 Å². The quantitative estimate of drug-likeness (QED) is 0.744. The summed E-state index contributed by atoms with van der Waals surface area (Å²) in [4.78, 5) is 5.21. The van der Waals surface area contributed by atoms with Crippen LogP contribution in [0.2, 0.25) is 5.02 Å². The molecule has 0 spiro atoms. The maximum absolute atomic E-state index is 5.87. The lowest BCUT2D eigenvalue weighted by molar-refractivity contribution is -0.0691. The van der Waals surface area contributed by atoms with E-state index in [2.05, 4.69) is 5.16 Å². The molecular weight excluding hydrogens is 214 g/mol. The van der Waals surface area contributed by atoms with Gasteiger partial charge in [0.05, 0.1) is 0 Å². The van der Waals surface area contributed by atoms with E-state index < -0.39 is 5.72 Å². The first kappa shape index (κ1) is 10.3. The molecule has 1 aromatic carbocycles. The number of oxime groups is 1. The van der Waals surface area contributed by atoms with Crippen LogP contribution in [0.4, 0.5) is 0 Å². The van der Waals surface area contributed by atoms with Crippen molar-refractivity contribution in [1.29, 1.82) is 0 Å². The third-order valence-electron chi connectivity index (χ3n) is 2.27. The summed E-state index contributed by atoms with van der Waals surface area (Å²) in [7, 11) is 0. The molecule has 4 nitrogen and oxygen atoms in total. The lowest BCUT2D eigenvalue weighted by atomic mass is 10.2. The van der Waals surface area contributed by atoms with Gasteiger partial charge in [-0.25, -0.2) is 10.9 Å². The fourth-order valence-electron chi connectivity index (χ4n) is 1.29. The van der Waals surface area contributed by atoms with Crippen molar-refractivity contribution < 1.29 is 4.84 Å². The maximum Gasteiger partial charge on any atom is 0.218 e. The molecule has 2 rings (SSSR count). The molecule has 5 heteroatoms. The molecule has 0 bridgehead atoms. The summed E-state index contributed by atoms with van der Waals surface area (Å²) in [6, 6.07) is 7.29. The summed E-state index contributed by atoms with van der Waals surface area (Å²) < 4.78 is 0. The smallest absolute Gasteiger partial charge is 0.218 e. The lowest BCUT2D eigenvalue weighted by Crippen LogP contribution is -2.48. The minimum Gasteiger partial charge on any atom is -0.364 e. The third kappa shape index (κ3) is 1.78. The largest absolute Gasteiger partial charge is 0.364 e. The topological polar surface area (TPSA) is 50.8 Å². The van der Waals surface area contributed by atoms with Crippen LogP contribution < -0.4 is 5.84 Å². The second kappa shape index (κ2) is 3.40. The van der Waals surface area contributed by atoms with Gasteiger partial charge in [-0.1, -0.05) is 16.8 Å². The first-order valence-corrected chi connectivity index (χ1v) is 4.95. The van der Waals surface area contributed by atoms with Crippen LogP contribution in [0.5, 0.6) is 0 Å². The van der Waals surface area contributed by atoms with Crippen LogP contribution >= 0.6 is 11.6 Å². The minimum atomic E-state index is -0.602. The third-order valence-corrected chi connectivity index (χ3v) is 2.52. The van der Waals surface area contributed by atoms with E-state index in [4.69, 9.17) is 22.3 Å². The van der Waals surface area contributed by atoms with E-state index >= 15 is 0 Å². The van der Waals surface area contributed by atoms with E-state index in [9.17, 15) is 0 Å². The first-order valence-electron chi connectivity index (χ1n) is 4.58. The molecule has 0 atom stereocenters. The number of hydrogen-bond acceptors (Lipinski definition) is 4. The molecule has 2 N–H and O–H groups in total. The van der Waals surface area contributed by atoms with Crippen LogP contribution in [-0.4, -0.2) is 16.6 Å². The van der Waals surface area contributed by atoms with Gasteiger partial charge in [-0.2, -0.15) is 0 Å². The highest BCUT2D eigenvalue weighted by atomic mass is 35.5. The van der Waals surface area contributed by atoms with Gasteiger partial charge in [0.1, 0.15) is 0 Å². The zero-order valence-corrected chi connectivity index (χ0v) is 9.32. The van der Waals surface area contributed by atoms with E-state index in [1.807, 2.05) is 26.0 Å². The van der Waals surface area contributed by atoms with Crippen LogP contribution in [-0.2, 0) is 4.84 Å². The number of nitrogens with two attached hydrogens (primary N) is 1. The fraction of sp³-hybridized carbons (Fsp3) is 0.300. The summed E-state index contributed by atoms with van der Waals surface area (Å²) in [5, 5.41) is 6.12. The Hall–Kier alpha value is -1.26. The molecule has 1 heterocycles. The summed E-state index contributed by atoms with van der Waals surface area (Å²) in [6.07, 6.45) is 0. The molecule has 0 saturated heterocycles. The number of nitrogens with zero attached hydrogens (tertiary/aromatic N) is 2. The SMILES string of the molecule is CC1(C)ON=C(c2ccc(Cl)cc2)N1N. The second-order valence-electron chi connectivity index (χ2n) is 3.83. The molecule has 0 saturated carbocycles. The number of halogens is 1. The van der Waals surface area contributed by atoms with Crippen molar-refractivity contribution in [1.82, 2.24) is 5.01 Å². The molecule has 80 valence electrons. The van der Waals surface area contributed by atoms with Gasteiger partial charge in [-0.15, -0.1) is 0 Å². The van der Waals surface area contributed by atoms with E-state index in [1.54, 1.807) is 12.1 Å². The maximum atomic E-state index is 5.87. The lowest BCUT2D eigenvalue weighted by Gasteiger charge is -2.26. The van der Waals surface area contributed by atoms with Gasteiger partial charge in [0.25, 0.3) is 0 Å². The predicted molar refractivity (Wildman–Crippen MR) is 59.2 cm³/mol. The fourth-order valence-corrected chi connectivity index (χ4v) is 1.41. The standard InChI is InChI=1S/C10H12ClN3O/c1-10(2)14(12)9(13-15-10)7-3-5-8(11)6-4-7/h3-6H,12H2,1-2H3. The Morgan fingerprint density at radius 1 is 1.33 bits per heavy atom. The van der Waals surface area contributed by atoms with Crippen molar-refractivity contribution in [2.24, 2.45) is 11.0 Å². The first-order chi connectivity index (χ1) is 7.00. The number of rotatable bonds is 1. The minimum absolute atomic E-state index is 0.602. The second-order valence-corrected chi connectivity index (χ2v) is 4.27. The predicted octanol–water partition coefficient (Wildman–Crippen LogP) is 1.94. The Morgan fingerprint density at radius 3 is 2.40 bits per heavy atom. The number of amidine groups is 1. The van der Waals surface area contributed by atoms with Gasteiger partial charge in [-0.05, 0) is 38.1 Å². The van der Waals surface area contributed by atoms with Crippen molar-refractivity contribution in [3.63, 3.8) is 0 Å². The molecule has 0 unspecified atom stereocenters. The Bertz CT molecular complexity index is 400. The molecule has 1 aliphatic heterocycles. The van der Waals surface area contributed by atoms with Gasteiger partial charge in [-0.3, -0.25) is 0 Å². The zero-order valence-electron chi connectivity index (χ0n) is 8.57. The highest BCUT2D eigenvalue weighted by Gasteiger charge is 2.36. The summed E-state index contributed by atoms with van der Waals surface area (Å²) in [5.74, 6) is 6.48. The number of hydrazine groups is 1. The molecule has 0 fully saturated rings. The van der Waals surface area contributed by atoms with Gasteiger partial charge in [0, 0.05) is 10.6 Å². The van der Waals surface area contributed by atoms with Crippen molar-refractivity contribution >= 4 is 17.4 Å². The molecule has 15 heavy (non-hydrogen) atoms.